The van der Waals surface area contributed by atoms with Crippen LogP contribution in [0.2, 0.25) is 0 Å². The summed E-state index contributed by atoms with van der Waals surface area (Å²) in [6.45, 7) is 1.94. The average molecular weight is 312 g/mol. The molecule has 22 heavy (non-hydrogen) atoms. The number of allylic oxidation sites excluding steroid dienone is 3. The Bertz CT molecular complexity index is 473. The van der Waals surface area contributed by atoms with Crippen LogP contribution >= 0.6 is 0 Å². The van der Waals surface area contributed by atoms with Crippen LogP contribution in [0.3, 0.4) is 0 Å². The number of aliphatic carboxylic acids is 1. The summed E-state index contributed by atoms with van der Waals surface area (Å²) in [5.41, 5.74) is 3.99. The van der Waals surface area contributed by atoms with Gasteiger partial charge in [-0.05, 0) is 25.1 Å². The largest absolute Gasteiger partial charge is 0.479 e. The number of hydrogen-bond acceptors (Lipinski definition) is 6. The van der Waals surface area contributed by atoms with Crippen molar-refractivity contribution < 1.29 is 25.2 Å². The molecule has 0 aromatic carbocycles. The average Bonchev–Trinajstić information content (AvgIpc) is 2.52. The summed E-state index contributed by atoms with van der Waals surface area (Å²) in [5.74, 6) is -1.44. The van der Waals surface area contributed by atoms with Crippen LogP contribution in [0.25, 0.3) is 0 Å². The third-order valence-corrected chi connectivity index (χ3v) is 3.45. The van der Waals surface area contributed by atoms with Crippen molar-refractivity contribution in [1.29, 1.82) is 0 Å². The van der Waals surface area contributed by atoms with Crippen LogP contribution in [0.1, 0.15) is 26.2 Å². The Hall–Kier alpha value is -1.67. The summed E-state index contributed by atoms with van der Waals surface area (Å²) in [5, 5.41) is 40.7. The zero-order valence-corrected chi connectivity index (χ0v) is 12.5. The van der Waals surface area contributed by atoms with Crippen molar-refractivity contribution in [1.82, 2.24) is 5.32 Å². The zero-order chi connectivity index (χ0) is 16.8. The Morgan fingerprint density at radius 3 is 2.77 bits per heavy atom. The van der Waals surface area contributed by atoms with Crippen LogP contribution in [-0.4, -0.2) is 50.4 Å². The number of nitrogens with one attached hydrogen (secondary N) is 1. The standard InChI is InChI=1S/C15H24N2O5/c1-10-5-3-2-4-6-11(9-17-10)7-15(22,14(20)21)8-12(16)13(18)19/h2-5,9-10,12-13,17-19,22H,6-8,16H2,1H3,(H,20,21)/b4-2-,5-3-,11-9+. The Morgan fingerprint density at radius 1 is 1.50 bits per heavy atom. The molecule has 0 aromatic rings. The first kappa shape index (κ1) is 18.4. The molecule has 1 aliphatic heterocycles. The molecule has 124 valence electrons. The van der Waals surface area contributed by atoms with Gasteiger partial charge >= 0.3 is 5.97 Å². The van der Waals surface area contributed by atoms with Gasteiger partial charge in [0, 0.05) is 18.9 Å². The Balaban J connectivity index is 2.89. The predicted molar refractivity (Wildman–Crippen MR) is 81.6 cm³/mol. The first-order valence-corrected chi connectivity index (χ1v) is 7.09. The van der Waals surface area contributed by atoms with E-state index >= 15 is 0 Å². The van der Waals surface area contributed by atoms with Gasteiger partial charge in [0.25, 0.3) is 0 Å². The number of rotatable bonds is 6. The van der Waals surface area contributed by atoms with Gasteiger partial charge in [-0.3, -0.25) is 0 Å². The van der Waals surface area contributed by atoms with Crippen molar-refractivity contribution in [2.45, 2.75) is 50.2 Å². The molecule has 3 unspecified atom stereocenters. The molecule has 0 aromatic heterocycles. The number of aliphatic hydroxyl groups excluding tert-OH is 1. The van der Waals surface area contributed by atoms with Gasteiger partial charge in [0.05, 0.1) is 6.04 Å². The van der Waals surface area contributed by atoms with E-state index in [0.29, 0.717) is 12.0 Å². The van der Waals surface area contributed by atoms with Gasteiger partial charge in [0.15, 0.2) is 11.9 Å². The van der Waals surface area contributed by atoms with Crippen LogP contribution in [0.4, 0.5) is 0 Å². The molecule has 0 spiro atoms. The molecule has 0 saturated carbocycles. The number of nitrogens with two attached hydrogens (primary N) is 1. The monoisotopic (exact) mass is 312 g/mol. The van der Waals surface area contributed by atoms with E-state index in [1.165, 1.54) is 0 Å². The number of carboxylic acids is 1. The van der Waals surface area contributed by atoms with Crippen molar-refractivity contribution in [3.63, 3.8) is 0 Å². The summed E-state index contributed by atoms with van der Waals surface area (Å²) in [6.07, 6.45) is 7.17. The molecular weight excluding hydrogens is 288 g/mol. The highest BCUT2D eigenvalue weighted by atomic mass is 16.5. The van der Waals surface area contributed by atoms with Crippen molar-refractivity contribution in [3.05, 3.63) is 36.1 Å². The fourth-order valence-electron chi connectivity index (χ4n) is 2.12. The SMILES string of the molecule is CC1/C=C\C=C/C/C(CC(O)(CC(N)C(O)O)C(=O)O)=C\N1. The summed E-state index contributed by atoms with van der Waals surface area (Å²) >= 11 is 0. The minimum atomic E-state index is -2.16. The van der Waals surface area contributed by atoms with Crippen LogP contribution in [0, 0.1) is 0 Å². The lowest BCUT2D eigenvalue weighted by Gasteiger charge is -2.28. The molecule has 0 aliphatic carbocycles. The van der Waals surface area contributed by atoms with E-state index in [0.717, 1.165) is 0 Å². The molecule has 3 atom stereocenters. The number of carbonyl (C=O) groups is 1. The summed E-state index contributed by atoms with van der Waals surface area (Å²) in [7, 11) is 0. The molecule has 0 bridgehead atoms. The number of aliphatic hydroxyl groups is 3. The van der Waals surface area contributed by atoms with E-state index < -0.39 is 30.3 Å². The topological polar surface area (TPSA) is 136 Å². The van der Waals surface area contributed by atoms with Crippen LogP contribution in [-0.2, 0) is 4.79 Å². The van der Waals surface area contributed by atoms with Gasteiger partial charge in [0.2, 0.25) is 0 Å². The van der Waals surface area contributed by atoms with E-state index in [4.69, 9.17) is 15.9 Å². The lowest BCUT2D eigenvalue weighted by molar-refractivity contribution is -0.162. The minimum Gasteiger partial charge on any atom is -0.479 e. The third kappa shape index (κ3) is 5.61. The van der Waals surface area contributed by atoms with Gasteiger partial charge in [-0.1, -0.05) is 24.3 Å². The maximum absolute atomic E-state index is 11.4. The second kappa shape index (κ2) is 8.09. The minimum absolute atomic E-state index is 0.0668. The Morgan fingerprint density at radius 2 is 2.18 bits per heavy atom. The molecule has 0 fully saturated rings. The van der Waals surface area contributed by atoms with E-state index in [2.05, 4.69) is 5.32 Å². The summed E-state index contributed by atoms with van der Waals surface area (Å²) < 4.78 is 0. The second-order valence-electron chi connectivity index (χ2n) is 5.57. The number of hydrogen-bond donors (Lipinski definition) is 6. The van der Waals surface area contributed by atoms with Crippen molar-refractivity contribution in [3.8, 4) is 0 Å². The normalized spacial score (nSPS) is 28.1. The highest BCUT2D eigenvalue weighted by Gasteiger charge is 2.39. The smallest absolute Gasteiger partial charge is 0.336 e. The summed E-state index contributed by atoms with van der Waals surface area (Å²) in [4.78, 5) is 11.4. The molecule has 1 heterocycles. The van der Waals surface area contributed by atoms with E-state index in [1.54, 1.807) is 6.20 Å². The zero-order valence-electron chi connectivity index (χ0n) is 12.5. The second-order valence-corrected chi connectivity index (χ2v) is 5.57. The van der Waals surface area contributed by atoms with E-state index in [1.807, 2.05) is 31.2 Å². The number of carboxylic acid groups (broad SMARTS) is 1. The third-order valence-electron chi connectivity index (χ3n) is 3.45. The van der Waals surface area contributed by atoms with Crippen molar-refractivity contribution in [2.75, 3.05) is 0 Å². The van der Waals surface area contributed by atoms with E-state index in [9.17, 15) is 15.0 Å². The molecule has 7 nitrogen and oxygen atoms in total. The van der Waals surface area contributed by atoms with Gasteiger partial charge in [-0.2, -0.15) is 0 Å². The maximum Gasteiger partial charge on any atom is 0.336 e. The Labute approximate surface area is 129 Å². The lowest BCUT2D eigenvalue weighted by atomic mass is 9.87. The molecule has 7 N–H and O–H groups in total. The fraction of sp³-hybridized carbons (Fsp3) is 0.533. The highest BCUT2D eigenvalue weighted by molar-refractivity contribution is 5.77. The molecule has 0 saturated heterocycles. The predicted octanol–water partition coefficient (Wildman–Crippen LogP) is -0.402. The van der Waals surface area contributed by atoms with Crippen LogP contribution in [0.5, 0.6) is 0 Å². The van der Waals surface area contributed by atoms with E-state index in [-0.39, 0.29) is 12.5 Å². The molecule has 7 heteroatoms. The quantitative estimate of drug-likeness (QED) is 0.367. The van der Waals surface area contributed by atoms with Crippen molar-refractivity contribution in [2.24, 2.45) is 5.73 Å². The molecule has 1 rings (SSSR count). The van der Waals surface area contributed by atoms with Gasteiger partial charge in [-0.15, -0.1) is 0 Å². The molecular formula is C15H24N2O5. The summed E-state index contributed by atoms with van der Waals surface area (Å²) in [6, 6.07) is -1.18. The molecule has 0 amide bonds. The van der Waals surface area contributed by atoms with Gasteiger partial charge < -0.3 is 31.5 Å². The first-order chi connectivity index (χ1) is 10.2. The van der Waals surface area contributed by atoms with Crippen LogP contribution < -0.4 is 11.1 Å². The first-order valence-electron chi connectivity index (χ1n) is 7.09. The lowest BCUT2D eigenvalue weighted by Crippen LogP contribution is -2.48. The van der Waals surface area contributed by atoms with Crippen LogP contribution in [0.15, 0.2) is 36.1 Å². The Kier molecular flexibility index (Phi) is 6.76. The van der Waals surface area contributed by atoms with Crippen molar-refractivity contribution >= 4 is 5.97 Å². The maximum atomic E-state index is 11.4. The molecule has 0 radical (unpaired) electrons. The van der Waals surface area contributed by atoms with Gasteiger partial charge in [0.1, 0.15) is 0 Å². The molecule has 1 aliphatic rings. The van der Waals surface area contributed by atoms with Gasteiger partial charge in [-0.25, -0.2) is 4.79 Å². The fourth-order valence-corrected chi connectivity index (χ4v) is 2.12. The highest BCUT2D eigenvalue weighted by Crippen LogP contribution is 2.25.